The van der Waals surface area contributed by atoms with Crippen molar-refractivity contribution in [2.24, 2.45) is 14.1 Å². The molecule has 0 atom stereocenters. The minimum atomic E-state index is 1.25. The second kappa shape index (κ2) is 6.24. The first-order valence-corrected chi connectivity index (χ1v) is 11.1. The van der Waals surface area contributed by atoms with E-state index in [9.17, 15) is 0 Å². The van der Waals surface area contributed by atoms with Crippen LogP contribution in [0.4, 0.5) is 0 Å². The molecule has 0 saturated carbocycles. The third-order valence-electron chi connectivity index (χ3n) is 7.07. The van der Waals surface area contributed by atoms with Crippen LogP contribution in [0.15, 0.2) is 97.2 Å². The third-order valence-corrected chi connectivity index (χ3v) is 7.07. The van der Waals surface area contributed by atoms with Gasteiger partial charge in [0.2, 0.25) is 0 Å². The standard InChI is InChI=1S/C30H22N2/c1-31-13-12-22-14-26-20(16-28(22)31)8-10-25-24(26)11-9-21-17-30-23(15-27(21)25)18-29(32(30)2)19-6-4-3-5-7-19/h3-18H,1-2H3. The Morgan fingerprint density at radius 1 is 0.500 bits per heavy atom. The van der Waals surface area contributed by atoms with Gasteiger partial charge in [0.15, 0.2) is 0 Å². The Morgan fingerprint density at radius 2 is 1.16 bits per heavy atom. The number of hydrogen-bond donors (Lipinski definition) is 0. The quantitative estimate of drug-likeness (QED) is 0.244. The van der Waals surface area contributed by atoms with Gasteiger partial charge in [-0.1, -0.05) is 54.6 Å². The summed E-state index contributed by atoms with van der Waals surface area (Å²) >= 11 is 0. The number of rotatable bonds is 1. The molecule has 5 aromatic carbocycles. The number of hydrogen-bond acceptors (Lipinski definition) is 0. The van der Waals surface area contributed by atoms with Gasteiger partial charge in [-0.25, -0.2) is 0 Å². The number of benzene rings is 5. The van der Waals surface area contributed by atoms with E-state index in [1.807, 2.05) is 0 Å². The van der Waals surface area contributed by atoms with E-state index in [0.29, 0.717) is 0 Å². The molecule has 2 heteroatoms. The smallest absolute Gasteiger partial charge is 0.0489 e. The fraction of sp³-hybridized carbons (Fsp3) is 0.0667. The molecule has 0 spiro atoms. The summed E-state index contributed by atoms with van der Waals surface area (Å²) in [5.74, 6) is 0. The van der Waals surface area contributed by atoms with Gasteiger partial charge in [0, 0.05) is 47.8 Å². The molecule has 2 aromatic heterocycles. The van der Waals surface area contributed by atoms with E-state index in [0.717, 1.165) is 0 Å². The van der Waals surface area contributed by atoms with E-state index in [-0.39, 0.29) is 0 Å². The fourth-order valence-corrected chi connectivity index (χ4v) is 5.36. The van der Waals surface area contributed by atoms with Crippen LogP contribution < -0.4 is 0 Å². The molecule has 2 heterocycles. The first-order chi connectivity index (χ1) is 15.7. The molecule has 0 bridgehead atoms. The Hall–Kier alpha value is -4.04. The van der Waals surface area contributed by atoms with E-state index in [2.05, 4.69) is 120 Å². The number of aryl methyl sites for hydroxylation is 2. The fourth-order valence-electron chi connectivity index (χ4n) is 5.36. The molecule has 7 aromatic rings. The molecular formula is C30H22N2. The number of nitrogens with zero attached hydrogens (tertiary/aromatic N) is 2. The van der Waals surface area contributed by atoms with Crippen molar-refractivity contribution in [2.45, 2.75) is 0 Å². The molecule has 152 valence electrons. The molecule has 0 aliphatic carbocycles. The van der Waals surface area contributed by atoms with Gasteiger partial charge in [0.1, 0.15) is 0 Å². The largest absolute Gasteiger partial charge is 0.351 e. The normalized spacial score (nSPS) is 12.1. The average Bonchev–Trinajstić information content (AvgIpc) is 3.35. The van der Waals surface area contributed by atoms with Gasteiger partial charge in [0.25, 0.3) is 0 Å². The maximum atomic E-state index is 2.37. The molecule has 0 saturated heterocycles. The highest BCUT2D eigenvalue weighted by Gasteiger charge is 2.12. The second-order valence-electron chi connectivity index (χ2n) is 8.87. The van der Waals surface area contributed by atoms with Crippen LogP contribution >= 0.6 is 0 Å². The Morgan fingerprint density at radius 3 is 1.88 bits per heavy atom. The summed E-state index contributed by atoms with van der Waals surface area (Å²) in [4.78, 5) is 0. The summed E-state index contributed by atoms with van der Waals surface area (Å²) in [5.41, 5.74) is 5.04. The summed E-state index contributed by atoms with van der Waals surface area (Å²) in [7, 11) is 4.27. The molecule has 32 heavy (non-hydrogen) atoms. The predicted octanol–water partition coefficient (Wildman–Crippen LogP) is 7.80. The van der Waals surface area contributed by atoms with Crippen LogP contribution in [0.1, 0.15) is 0 Å². The highest BCUT2D eigenvalue weighted by atomic mass is 14.9. The number of aromatic nitrogens is 2. The van der Waals surface area contributed by atoms with Crippen molar-refractivity contribution in [2.75, 3.05) is 0 Å². The van der Waals surface area contributed by atoms with Crippen LogP contribution in [-0.2, 0) is 14.1 Å². The van der Waals surface area contributed by atoms with E-state index >= 15 is 0 Å². The highest BCUT2D eigenvalue weighted by Crippen LogP contribution is 2.36. The Balaban J connectivity index is 1.54. The SMILES string of the molecule is Cn1ccc2cc3c(ccc4c5cc6cc(-c7ccccc7)n(C)c6cc5ccc34)cc21. The van der Waals surface area contributed by atoms with Crippen LogP contribution in [0.5, 0.6) is 0 Å². The van der Waals surface area contributed by atoms with E-state index in [1.54, 1.807) is 0 Å². The molecule has 0 aliphatic rings. The van der Waals surface area contributed by atoms with E-state index in [1.165, 1.54) is 65.4 Å². The Bertz CT molecular complexity index is 1830. The maximum Gasteiger partial charge on any atom is 0.0489 e. The lowest BCUT2D eigenvalue weighted by Gasteiger charge is -2.10. The maximum absolute atomic E-state index is 2.37. The second-order valence-corrected chi connectivity index (χ2v) is 8.87. The lowest BCUT2D eigenvalue weighted by molar-refractivity contribution is 0.970. The first-order valence-electron chi connectivity index (χ1n) is 11.1. The van der Waals surface area contributed by atoms with Crippen LogP contribution in [-0.4, -0.2) is 9.13 Å². The molecule has 7 rings (SSSR count). The predicted molar refractivity (Wildman–Crippen MR) is 137 cm³/mol. The van der Waals surface area contributed by atoms with Crippen molar-refractivity contribution in [3.05, 3.63) is 97.2 Å². The van der Waals surface area contributed by atoms with Crippen molar-refractivity contribution in [3.8, 4) is 11.3 Å². The topological polar surface area (TPSA) is 9.86 Å². The van der Waals surface area contributed by atoms with Gasteiger partial charge in [-0.15, -0.1) is 0 Å². The highest BCUT2D eigenvalue weighted by molar-refractivity contribution is 6.20. The zero-order chi connectivity index (χ0) is 21.4. The average molecular weight is 411 g/mol. The minimum Gasteiger partial charge on any atom is -0.351 e. The molecule has 0 aliphatic heterocycles. The first kappa shape index (κ1) is 17.6. The van der Waals surface area contributed by atoms with E-state index < -0.39 is 0 Å². The van der Waals surface area contributed by atoms with Crippen molar-refractivity contribution in [3.63, 3.8) is 0 Å². The van der Waals surface area contributed by atoms with Gasteiger partial charge in [0.05, 0.1) is 0 Å². The zero-order valence-corrected chi connectivity index (χ0v) is 18.1. The van der Waals surface area contributed by atoms with Gasteiger partial charge in [-0.3, -0.25) is 0 Å². The lowest BCUT2D eigenvalue weighted by Crippen LogP contribution is -1.91. The van der Waals surface area contributed by atoms with E-state index in [4.69, 9.17) is 0 Å². The summed E-state index contributed by atoms with van der Waals surface area (Å²) in [6.45, 7) is 0. The summed E-state index contributed by atoms with van der Waals surface area (Å²) in [6, 6.07) is 33.6. The minimum absolute atomic E-state index is 1.25. The van der Waals surface area contributed by atoms with Crippen LogP contribution in [0.25, 0.3) is 65.4 Å². The zero-order valence-electron chi connectivity index (χ0n) is 18.1. The Kier molecular flexibility index (Phi) is 3.44. The molecule has 0 radical (unpaired) electrons. The van der Waals surface area contributed by atoms with Gasteiger partial charge in [-0.2, -0.15) is 0 Å². The van der Waals surface area contributed by atoms with Gasteiger partial charge >= 0.3 is 0 Å². The van der Waals surface area contributed by atoms with Crippen LogP contribution in [0.2, 0.25) is 0 Å². The van der Waals surface area contributed by atoms with Crippen LogP contribution in [0.3, 0.4) is 0 Å². The molecule has 0 amide bonds. The lowest BCUT2D eigenvalue weighted by atomic mass is 9.95. The molecule has 0 N–H and O–H groups in total. The monoisotopic (exact) mass is 410 g/mol. The number of fused-ring (bicyclic) bond motifs is 7. The molecular weight excluding hydrogens is 388 g/mol. The third kappa shape index (κ3) is 2.35. The van der Waals surface area contributed by atoms with Gasteiger partial charge < -0.3 is 9.13 Å². The van der Waals surface area contributed by atoms with Crippen molar-refractivity contribution in [1.29, 1.82) is 0 Å². The van der Waals surface area contributed by atoms with Gasteiger partial charge in [-0.05, 0) is 74.3 Å². The van der Waals surface area contributed by atoms with Crippen molar-refractivity contribution in [1.82, 2.24) is 9.13 Å². The Labute approximate surface area is 185 Å². The summed E-state index contributed by atoms with van der Waals surface area (Å²) in [6.07, 6.45) is 2.14. The summed E-state index contributed by atoms with van der Waals surface area (Å²) in [5, 5.41) is 10.4. The van der Waals surface area contributed by atoms with Crippen molar-refractivity contribution >= 4 is 54.1 Å². The van der Waals surface area contributed by atoms with Crippen LogP contribution in [0, 0.1) is 0 Å². The molecule has 0 fully saturated rings. The summed E-state index contributed by atoms with van der Waals surface area (Å²) < 4.78 is 4.50. The van der Waals surface area contributed by atoms with Crippen molar-refractivity contribution < 1.29 is 0 Å². The molecule has 2 nitrogen and oxygen atoms in total. The molecule has 0 unspecified atom stereocenters.